The molecule has 0 unspecified atom stereocenters. The first-order chi connectivity index (χ1) is 22.8. The Hall–Kier alpha value is -5.31. The van der Waals surface area contributed by atoms with E-state index in [2.05, 4.69) is 9.67 Å². The van der Waals surface area contributed by atoms with Gasteiger partial charge < -0.3 is 18.5 Å². The van der Waals surface area contributed by atoms with Gasteiger partial charge in [-0.3, -0.25) is 4.79 Å². The molecule has 0 radical (unpaired) electrons. The Morgan fingerprint density at radius 1 is 0.915 bits per heavy atom. The van der Waals surface area contributed by atoms with E-state index >= 15 is 0 Å². The average Bonchev–Trinajstić information content (AvgIpc) is 3.64. The summed E-state index contributed by atoms with van der Waals surface area (Å²) in [7, 11) is 1.61. The van der Waals surface area contributed by atoms with Crippen molar-refractivity contribution >= 4 is 51.3 Å². The van der Waals surface area contributed by atoms with Gasteiger partial charge in [0.2, 0.25) is 5.82 Å². The number of ether oxygens (including phenoxy) is 2. The SMILES string of the molecule is COc1cccc2oc(-c3nc4ccccc4c(=O)n3N=Cc3cc(C)n(-c4ccc(OCc5ccc(Cl)cc5Cl)cc4)c3C)cc12. The fourth-order valence-corrected chi connectivity index (χ4v) is 6.10. The first kappa shape index (κ1) is 30.3. The van der Waals surface area contributed by atoms with E-state index < -0.39 is 0 Å². The first-order valence-corrected chi connectivity index (χ1v) is 15.6. The Morgan fingerprint density at radius 3 is 2.51 bits per heavy atom. The zero-order chi connectivity index (χ0) is 32.7. The maximum absolute atomic E-state index is 13.8. The Kier molecular flexibility index (Phi) is 8.05. The predicted molar refractivity (Wildman–Crippen MR) is 187 cm³/mol. The second kappa shape index (κ2) is 12.5. The molecule has 0 aliphatic rings. The number of aromatic nitrogens is 3. The standard InChI is InChI=1S/C37H28Cl2N4O4/c1-22-17-25(23(2)42(22)27-13-15-28(16-14-27)46-21-24-11-12-26(38)18-31(24)39)20-40-43-36(41-32-8-5-4-7-29(32)37(43)44)35-19-30-33(45-3)9-6-10-34(30)47-35/h4-20H,21H2,1-3H3. The predicted octanol–water partition coefficient (Wildman–Crippen LogP) is 8.99. The molecule has 10 heteroatoms. The highest BCUT2D eigenvalue weighted by Crippen LogP contribution is 2.33. The van der Waals surface area contributed by atoms with Crippen molar-refractivity contribution in [3.05, 3.63) is 140 Å². The van der Waals surface area contributed by atoms with Gasteiger partial charge in [-0.15, -0.1) is 0 Å². The molecule has 0 spiro atoms. The molecule has 0 aliphatic heterocycles. The molecule has 7 aromatic rings. The number of halogens is 2. The fraction of sp³-hybridized carbons (Fsp3) is 0.108. The van der Waals surface area contributed by atoms with Crippen molar-refractivity contribution in [1.82, 2.24) is 14.2 Å². The Balaban J connectivity index is 1.22. The van der Waals surface area contributed by atoms with E-state index in [0.717, 1.165) is 33.6 Å². The van der Waals surface area contributed by atoms with E-state index in [9.17, 15) is 4.79 Å². The number of nitrogens with zero attached hydrogens (tertiary/aromatic N) is 4. The molecule has 8 nitrogen and oxygen atoms in total. The van der Waals surface area contributed by atoms with Crippen LogP contribution >= 0.6 is 23.2 Å². The molecule has 3 aromatic heterocycles. The van der Waals surface area contributed by atoms with Gasteiger partial charge in [0.05, 0.1) is 29.6 Å². The molecule has 0 fully saturated rings. The molecule has 234 valence electrons. The van der Waals surface area contributed by atoms with Gasteiger partial charge in [0.25, 0.3) is 5.56 Å². The second-order valence-electron chi connectivity index (χ2n) is 11.0. The second-order valence-corrected chi connectivity index (χ2v) is 11.8. The first-order valence-electron chi connectivity index (χ1n) is 14.8. The quantitative estimate of drug-likeness (QED) is 0.152. The maximum Gasteiger partial charge on any atom is 0.282 e. The van der Waals surface area contributed by atoms with E-state index in [0.29, 0.717) is 50.4 Å². The van der Waals surface area contributed by atoms with Crippen LogP contribution in [-0.2, 0) is 6.61 Å². The molecular weight excluding hydrogens is 635 g/mol. The van der Waals surface area contributed by atoms with Crippen LogP contribution < -0.4 is 15.0 Å². The van der Waals surface area contributed by atoms with Crippen molar-refractivity contribution in [3.8, 4) is 28.8 Å². The fourth-order valence-electron chi connectivity index (χ4n) is 5.64. The summed E-state index contributed by atoms with van der Waals surface area (Å²) in [6, 6.07) is 29.7. The van der Waals surface area contributed by atoms with Crippen LogP contribution in [0.15, 0.2) is 111 Å². The lowest BCUT2D eigenvalue weighted by Crippen LogP contribution is -2.20. The van der Waals surface area contributed by atoms with Crippen molar-refractivity contribution in [2.45, 2.75) is 20.5 Å². The number of rotatable bonds is 8. The minimum Gasteiger partial charge on any atom is -0.496 e. The maximum atomic E-state index is 13.8. The van der Waals surface area contributed by atoms with Gasteiger partial charge in [0.15, 0.2) is 5.76 Å². The minimum atomic E-state index is -0.307. The summed E-state index contributed by atoms with van der Waals surface area (Å²) in [5.74, 6) is 2.06. The lowest BCUT2D eigenvalue weighted by molar-refractivity contribution is 0.306. The Labute approximate surface area is 280 Å². The summed E-state index contributed by atoms with van der Waals surface area (Å²) in [5, 5.41) is 7.05. The molecule has 7 rings (SSSR count). The van der Waals surface area contributed by atoms with Crippen LogP contribution in [0.4, 0.5) is 0 Å². The average molecular weight is 664 g/mol. The van der Waals surface area contributed by atoms with E-state index in [-0.39, 0.29) is 11.4 Å². The van der Waals surface area contributed by atoms with Gasteiger partial charge in [-0.2, -0.15) is 9.78 Å². The third kappa shape index (κ3) is 5.78. The van der Waals surface area contributed by atoms with Crippen LogP contribution in [0, 0.1) is 13.8 Å². The van der Waals surface area contributed by atoms with Gasteiger partial charge in [-0.1, -0.05) is 47.5 Å². The molecular formula is C37H28Cl2N4O4. The summed E-state index contributed by atoms with van der Waals surface area (Å²) < 4.78 is 21.1. The topological polar surface area (TPSA) is 83.8 Å². The third-order valence-electron chi connectivity index (χ3n) is 8.00. The molecule has 0 aliphatic carbocycles. The summed E-state index contributed by atoms with van der Waals surface area (Å²) in [6.07, 6.45) is 1.68. The zero-order valence-corrected chi connectivity index (χ0v) is 27.2. The molecule has 3 heterocycles. The van der Waals surface area contributed by atoms with Crippen molar-refractivity contribution in [2.24, 2.45) is 5.10 Å². The highest BCUT2D eigenvalue weighted by Gasteiger charge is 2.18. The lowest BCUT2D eigenvalue weighted by Gasteiger charge is -2.12. The van der Waals surface area contributed by atoms with Crippen LogP contribution in [0.3, 0.4) is 0 Å². The van der Waals surface area contributed by atoms with Gasteiger partial charge >= 0.3 is 0 Å². The number of benzene rings is 4. The zero-order valence-electron chi connectivity index (χ0n) is 25.7. The number of furan rings is 1. The van der Waals surface area contributed by atoms with Crippen LogP contribution in [0.5, 0.6) is 11.5 Å². The number of fused-ring (bicyclic) bond motifs is 2. The Bertz CT molecular complexity index is 2370. The molecule has 0 amide bonds. The monoisotopic (exact) mass is 662 g/mol. The van der Waals surface area contributed by atoms with Gasteiger partial charge in [-0.25, -0.2) is 4.98 Å². The normalized spacial score (nSPS) is 11.6. The smallest absolute Gasteiger partial charge is 0.282 e. The molecule has 0 N–H and O–H groups in total. The molecule has 0 atom stereocenters. The molecule has 4 aromatic carbocycles. The van der Waals surface area contributed by atoms with Crippen molar-refractivity contribution < 1.29 is 13.9 Å². The van der Waals surface area contributed by atoms with E-state index in [1.165, 1.54) is 4.68 Å². The van der Waals surface area contributed by atoms with Crippen molar-refractivity contribution in [1.29, 1.82) is 0 Å². The third-order valence-corrected chi connectivity index (χ3v) is 8.59. The van der Waals surface area contributed by atoms with Crippen molar-refractivity contribution in [2.75, 3.05) is 7.11 Å². The number of aryl methyl sites for hydroxylation is 1. The number of hydrogen-bond acceptors (Lipinski definition) is 6. The molecule has 0 bridgehead atoms. The van der Waals surface area contributed by atoms with E-state index in [1.54, 1.807) is 37.6 Å². The molecule has 47 heavy (non-hydrogen) atoms. The summed E-state index contributed by atoms with van der Waals surface area (Å²) in [4.78, 5) is 18.6. The van der Waals surface area contributed by atoms with E-state index in [4.69, 9.17) is 42.1 Å². The van der Waals surface area contributed by atoms with Crippen LogP contribution in [0.2, 0.25) is 10.0 Å². The highest BCUT2D eigenvalue weighted by molar-refractivity contribution is 6.35. The van der Waals surface area contributed by atoms with Gasteiger partial charge in [0, 0.05) is 38.2 Å². The lowest BCUT2D eigenvalue weighted by atomic mass is 10.2. The number of para-hydroxylation sites is 1. The van der Waals surface area contributed by atoms with Crippen LogP contribution in [0.1, 0.15) is 22.5 Å². The number of methoxy groups -OCH3 is 1. The molecule has 0 saturated carbocycles. The van der Waals surface area contributed by atoms with Gasteiger partial charge in [-0.05, 0) is 86.6 Å². The summed E-state index contributed by atoms with van der Waals surface area (Å²) in [6.45, 7) is 4.35. The molecule has 0 saturated heterocycles. The largest absolute Gasteiger partial charge is 0.496 e. The van der Waals surface area contributed by atoms with E-state index in [1.807, 2.05) is 86.6 Å². The highest BCUT2D eigenvalue weighted by atomic mass is 35.5. The number of hydrogen-bond donors (Lipinski definition) is 0. The summed E-state index contributed by atoms with van der Waals surface area (Å²) in [5.41, 5.74) is 5.46. The van der Waals surface area contributed by atoms with Crippen LogP contribution in [0.25, 0.3) is 39.1 Å². The summed E-state index contributed by atoms with van der Waals surface area (Å²) >= 11 is 12.3. The Morgan fingerprint density at radius 2 is 1.72 bits per heavy atom. The van der Waals surface area contributed by atoms with Crippen LogP contribution in [-0.4, -0.2) is 27.6 Å². The minimum absolute atomic E-state index is 0.285. The van der Waals surface area contributed by atoms with Gasteiger partial charge in [0.1, 0.15) is 23.7 Å². The van der Waals surface area contributed by atoms with Crippen molar-refractivity contribution in [3.63, 3.8) is 0 Å².